The van der Waals surface area contributed by atoms with Crippen LogP contribution in [0.25, 0.3) is 0 Å². The second kappa shape index (κ2) is 6.93. The molecule has 1 aromatic heterocycles. The van der Waals surface area contributed by atoms with Crippen molar-refractivity contribution in [2.75, 3.05) is 18.4 Å². The monoisotopic (exact) mass is 326 g/mol. The van der Waals surface area contributed by atoms with Crippen molar-refractivity contribution in [1.82, 2.24) is 10.3 Å². The second-order valence-corrected chi connectivity index (χ2v) is 8.20. The van der Waals surface area contributed by atoms with Crippen molar-refractivity contribution in [3.8, 4) is 0 Å². The summed E-state index contributed by atoms with van der Waals surface area (Å²) >= 11 is 0. The maximum Gasteiger partial charge on any atom is 0.255 e. The number of nitrogens with two attached hydrogens (primary N) is 1. The van der Waals surface area contributed by atoms with Gasteiger partial charge < -0.3 is 10.6 Å². The number of hydrogen-bond donors (Lipinski definition) is 3. The third-order valence-corrected chi connectivity index (χ3v) is 4.89. The lowest BCUT2D eigenvalue weighted by Crippen LogP contribution is -2.31. The Labute approximate surface area is 132 Å². The third kappa shape index (κ3) is 5.23. The minimum Gasteiger partial charge on any atom is -0.384 e. The zero-order valence-corrected chi connectivity index (χ0v) is 14.1. The predicted octanol–water partition coefficient (Wildman–Crippen LogP) is 1.70. The lowest BCUT2D eigenvalue weighted by atomic mass is 9.93. The fraction of sp³-hybridized carbons (Fsp3) is 0.667. The molecular weight excluding hydrogens is 300 g/mol. The van der Waals surface area contributed by atoms with Crippen molar-refractivity contribution in [3.63, 3.8) is 0 Å². The van der Waals surface area contributed by atoms with Gasteiger partial charge in [0.15, 0.2) is 5.03 Å². The Morgan fingerprint density at radius 1 is 1.41 bits per heavy atom. The quantitative estimate of drug-likeness (QED) is 0.663. The molecule has 124 valence electrons. The zero-order valence-electron chi connectivity index (χ0n) is 13.3. The summed E-state index contributed by atoms with van der Waals surface area (Å²) < 4.78 is 22.2. The number of hydrogen-bond acceptors (Lipinski definition) is 5. The van der Waals surface area contributed by atoms with Crippen LogP contribution in [0.15, 0.2) is 23.4 Å². The molecule has 1 fully saturated rings. The summed E-state index contributed by atoms with van der Waals surface area (Å²) in [6.45, 7) is 6.50. The molecule has 6 nitrogen and oxygen atoms in total. The van der Waals surface area contributed by atoms with Gasteiger partial charge in [0.2, 0.25) is 0 Å². The highest BCUT2D eigenvalue weighted by atomic mass is 32.2. The number of sulfonamides is 1. The second-order valence-electron chi connectivity index (χ2n) is 6.69. The highest BCUT2D eigenvalue weighted by Gasteiger charge is 2.29. The van der Waals surface area contributed by atoms with E-state index in [1.54, 1.807) is 6.07 Å². The lowest BCUT2D eigenvalue weighted by molar-refractivity contribution is 0.426. The van der Waals surface area contributed by atoms with Gasteiger partial charge in [-0.1, -0.05) is 6.42 Å². The van der Waals surface area contributed by atoms with E-state index in [1.165, 1.54) is 31.5 Å². The zero-order chi connectivity index (χ0) is 16.2. The van der Waals surface area contributed by atoms with Crippen LogP contribution in [0, 0.1) is 5.92 Å². The minimum absolute atomic E-state index is 0.102. The summed E-state index contributed by atoms with van der Waals surface area (Å²) in [7, 11) is -3.71. The smallest absolute Gasteiger partial charge is 0.255 e. The Bertz CT molecular complexity index is 584. The van der Waals surface area contributed by atoms with Gasteiger partial charge >= 0.3 is 0 Å². The Morgan fingerprint density at radius 3 is 2.73 bits per heavy atom. The van der Waals surface area contributed by atoms with Gasteiger partial charge in [-0.05, 0) is 57.7 Å². The Balaban J connectivity index is 1.65. The molecule has 2 heterocycles. The molecule has 1 atom stereocenters. The molecule has 1 aliphatic rings. The fourth-order valence-corrected chi connectivity index (χ4v) is 3.39. The summed E-state index contributed by atoms with van der Waals surface area (Å²) in [5.41, 5.74) is 1.11. The number of rotatable bonds is 7. The van der Waals surface area contributed by atoms with Gasteiger partial charge in [-0.3, -0.25) is 0 Å². The number of aromatic nitrogens is 1. The summed E-state index contributed by atoms with van der Waals surface area (Å²) in [6.07, 6.45) is 6.29. The van der Waals surface area contributed by atoms with Crippen molar-refractivity contribution in [2.24, 2.45) is 11.1 Å². The average Bonchev–Trinajstić information content (AvgIpc) is 2.77. The molecule has 0 spiro atoms. The molecule has 7 heteroatoms. The van der Waals surface area contributed by atoms with E-state index >= 15 is 0 Å². The van der Waals surface area contributed by atoms with Crippen molar-refractivity contribution in [2.45, 2.75) is 50.1 Å². The van der Waals surface area contributed by atoms with E-state index in [4.69, 9.17) is 5.14 Å². The first-order chi connectivity index (χ1) is 10.3. The van der Waals surface area contributed by atoms with Crippen LogP contribution in [0.3, 0.4) is 0 Å². The lowest BCUT2D eigenvalue weighted by Gasteiger charge is -2.17. The molecule has 0 aromatic carbocycles. The molecule has 1 saturated heterocycles. The maximum absolute atomic E-state index is 11.1. The number of anilines is 1. The van der Waals surface area contributed by atoms with Crippen LogP contribution in [0.1, 0.15) is 39.5 Å². The van der Waals surface area contributed by atoms with Crippen LogP contribution in [0.5, 0.6) is 0 Å². The molecular formula is C15H26N4O2S. The van der Waals surface area contributed by atoms with Crippen LogP contribution in [-0.4, -0.2) is 32.0 Å². The average molecular weight is 326 g/mol. The molecule has 0 radical (unpaired) electrons. The van der Waals surface area contributed by atoms with E-state index in [9.17, 15) is 8.42 Å². The van der Waals surface area contributed by atoms with Gasteiger partial charge in [0.1, 0.15) is 0 Å². The first-order valence-electron chi connectivity index (χ1n) is 7.74. The molecule has 4 N–H and O–H groups in total. The Kier molecular flexibility index (Phi) is 5.41. The van der Waals surface area contributed by atoms with Crippen LogP contribution in [0.2, 0.25) is 0 Å². The largest absolute Gasteiger partial charge is 0.384 e. The molecule has 1 aromatic rings. The Morgan fingerprint density at radius 2 is 2.18 bits per heavy atom. The van der Waals surface area contributed by atoms with Gasteiger partial charge in [-0.25, -0.2) is 18.5 Å². The van der Waals surface area contributed by atoms with Gasteiger partial charge in [0.25, 0.3) is 10.0 Å². The van der Waals surface area contributed by atoms with Gasteiger partial charge in [0, 0.05) is 12.1 Å². The molecule has 1 unspecified atom stereocenters. The number of nitrogens with zero attached hydrogens (tertiary/aromatic N) is 1. The summed E-state index contributed by atoms with van der Waals surface area (Å²) in [5.74, 6) is 0.783. The highest BCUT2D eigenvalue weighted by molar-refractivity contribution is 7.89. The number of unbranched alkanes of at least 4 members (excludes halogenated alkanes) is 1. The standard InChI is InChI=1S/C15H26N4O2S/c1-15(2)9-12(10-19-15)5-3-4-8-17-13-6-7-14(18-11-13)22(16,20)21/h6-7,11-12,17,19H,3-5,8-10H2,1-2H3,(H2,16,20,21). The van der Waals surface area contributed by atoms with Crippen LogP contribution >= 0.6 is 0 Å². The fourth-order valence-electron chi connectivity index (χ4n) is 2.93. The predicted molar refractivity (Wildman–Crippen MR) is 88.1 cm³/mol. The van der Waals surface area contributed by atoms with E-state index in [-0.39, 0.29) is 5.03 Å². The maximum atomic E-state index is 11.1. The number of nitrogens with one attached hydrogen (secondary N) is 2. The third-order valence-electron chi connectivity index (χ3n) is 4.06. The van der Waals surface area contributed by atoms with E-state index in [0.717, 1.165) is 31.1 Å². The van der Waals surface area contributed by atoms with Crippen LogP contribution in [-0.2, 0) is 10.0 Å². The van der Waals surface area contributed by atoms with Crippen LogP contribution < -0.4 is 15.8 Å². The van der Waals surface area contributed by atoms with Gasteiger partial charge in [-0.2, -0.15) is 0 Å². The summed E-state index contributed by atoms with van der Waals surface area (Å²) in [6, 6.07) is 3.11. The van der Waals surface area contributed by atoms with E-state index in [1.807, 2.05) is 0 Å². The molecule has 2 rings (SSSR count). The summed E-state index contributed by atoms with van der Waals surface area (Å²) in [5, 5.41) is 11.7. The van der Waals surface area contributed by atoms with Crippen molar-refractivity contribution in [1.29, 1.82) is 0 Å². The van der Waals surface area contributed by atoms with E-state index < -0.39 is 10.0 Å². The molecule has 0 aliphatic carbocycles. The van der Waals surface area contributed by atoms with Gasteiger partial charge in [-0.15, -0.1) is 0 Å². The van der Waals surface area contributed by atoms with E-state index in [0.29, 0.717) is 5.54 Å². The highest BCUT2D eigenvalue weighted by Crippen LogP contribution is 2.26. The van der Waals surface area contributed by atoms with Crippen LogP contribution in [0.4, 0.5) is 5.69 Å². The summed E-state index contributed by atoms with van der Waals surface area (Å²) in [4.78, 5) is 3.84. The molecule has 0 bridgehead atoms. The molecule has 0 saturated carbocycles. The number of primary sulfonamides is 1. The van der Waals surface area contributed by atoms with Crippen molar-refractivity contribution in [3.05, 3.63) is 18.3 Å². The topological polar surface area (TPSA) is 97.1 Å². The van der Waals surface area contributed by atoms with Gasteiger partial charge in [0.05, 0.1) is 11.9 Å². The SMILES string of the molecule is CC1(C)CC(CCCCNc2ccc(S(N)(=O)=O)nc2)CN1. The van der Waals surface area contributed by atoms with E-state index in [2.05, 4.69) is 29.5 Å². The molecule has 0 amide bonds. The van der Waals surface area contributed by atoms with Crippen molar-refractivity contribution < 1.29 is 8.42 Å². The first-order valence-corrected chi connectivity index (χ1v) is 9.29. The molecule has 1 aliphatic heterocycles. The first kappa shape index (κ1) is 17.2. The number of pyridine rings is 1. The molecule has 22 heavy (non-hydrogen) atoms. The normalized spacial score (nSPS) is 21.0. The Hall–Kier alpha value is -1.18. The van der Waals surface area contributed by atoms with Crippen molar-refractivity contribution >= 4 is 15.7 Å². The minimum atomic E-state index is -3.71.